The zero-order valence-electron chi connectivity index (χ0n) is 32.7. The summed E-state index contributed by atoms with van der Waals surface area (Å²) in [6.45, 7) is 0. The summed E-state index contributed by atoms with van der Waals surface area (Å²) in [6.07, 6.45) is 0. The summed E-state index contributed by atoms with van der Waals surface area (Å²) in [5.41, 5.74) is 11.7. The topological polar surface area (TPSA) is 56.7 Å². The maximum absolute atomic E-state index is 6.61. The molecule has 11 rings (SSSR count). The van der Waals surface area contributed by atoms with E-state index in [4.69, 9.17) is 58.6 Å². The number of benzene rings is 8. The normalized spacial score (nSPS) is 11.6. The first-order chi connectivity index (χ1) is 29.8. The maximum atomic E-state index is 6.61. The van der Waals surface area contributed by atoms with Gasteiger partial charge in [0.1, 0.15) is 50.4 Å². The van der Waals surface area contributed by atoms with Crippen LogP contribution in [-0.2, 0) is 0 Å². The van der Waals surface area contributed by atoms with Gasteiger partial charge in [-0.25, -0.2) is 15.0 Å². The Kier molecular flexibility index (Phi) is 8.71. The summed E-state index contributed by atoms with van der Waals surface area (Å²) < 4.78 is 8.94. The highest BCUT2D eigenvalue weighted by atomic mass is 16.3. The van der Waals surface area contributed by atoms with Crippen LogP contribution in [0.15, 0.2) is 168 Å². The Labute approximate surface area is 358 Å². The van der Waals surface area contributed by atoms with Crippen molar-refractivity contribution in [1.82, 2.24) is 19.5 Å². The van der Waals surface area contributed by atoms with Crippen molar-refractivity contribution in [2.24, 2.45) is 0 Å². The van der Waals surface area contributed by atoms with Crippen LogP contribution in [0.2, 0.25) is 0 Å². The minimum atomic E-state index is 0.160. The minimum Gasteiger partial charge on any atom is -0.456 e. The van der Waals surface area contributed by atoms with E-state index in [0.717, 1.165) is 55.4 Å². The molecule has 61 heavy (non-hydrogen) atoms. The smallest absolute Gasteiger partial charge is 0.164 e. The molecule has 0 atom stereocenters. The van der Waals surface area contributed by atoms with E-state index in [1.165, 1.54) is 16.3 Å². The van der Waals surface area contributed by atoms with Gasteiger partial charge in [-0.1, -0.05) is 114 Å². The van der Waals surface area contributed by atoms with Crippen molar-refractivity contribution in [2.75, 3.05) is 0 Å². The van der Waals surface area contributed by atoms with Crippen molar-refractivity contribution in [3.63, 3.8) is 0 Å². The molecule has 0 saturated heterocycles. The lowest BCUT2D eigenvalue weighted by molar-refractivity contribution is 0.669. The summed E-state index contributed by atoms with van der Waals surface area (Å²) in [5, 5.41) is 4.41. The molecule has 8 aromatic carbocycles. The van der Waals surface area contributed by atoms with E-state index in [-0.39, 0.29) is 27.3 Å². The van der Waals surface area contributed by atoms with Crippen molar-refractivity contribution in [3.05, 3.63) is 164 Å². The number of nitrogens with zero attached hydrogens (tertiary/aromatic N) is 4. The van der Waals surface area contributed by atoms with Crippen LogP contribution >= 0.6 is 0 Å². The summed E-state index contributed by atoms with van der Waals surface area (Å²) in [6, 6.07) is 55.6. The zero-order valence-corrected chi connectivity index (χ0v) is 32.7. The van der Waals surface area contributed by atoms with Crippen LogP contribution in [0.4, 0.5) is 0 Å². The van der Waals surface area contributed by atoms with Gasteiger partial charge < -0.3 is 8.98 Å². The average molecular weight is 766 g/mol. The van der Waals surface area contributed by atoms with Crippen molar-refractivity contribution in [2.45, 2.75) is 0 Å². The summed E-state index contributed by atoms with van der Waals surface area (Å²) in [4.78, 5) is 14.9. The molecule has 0 bridgehead atoms. The molecule has 10 heteroatoms. The van der Waals surface area contributed by atoms with Crippen LogP contribution in [0.25, 0.3) is 106 Å². The highest BCUT2D eigenvalue weighted by molar-refractivity contribution is 6.68. The maximum Gasteiger partial charge on any atom is 0.164 e. The first-order valence-electron chi connectivity index (χ1n) is 19.8. The molecule has 0 aliphatic rings. The fourth-order valence-corrected chi connectivity index (χ4v) is 8.43. The molecule has 0 saturated carbocycles. The molecule has 272 valence electrons. The third kappa shape index (κ3) is 6.12. The molecule has 3 heterocycles. The molecular weight excluding hydrogens is 739 g/mol. The first kappa shape index (κ1) is 36.8. The Bertz CT molecular complexity index is 3520. The van der Waals surface area contributed by atoms with Gasteiger partial charge in [-0.2, -0.15) is 0 Å². The first-order valence-corrected chi connectivity index (χ1v) is 19.8. The van der Waals surface area contributed by atoms with Crippen LogP contribution in [0.5, 0.6) is 0 Å². The Morgan fingerprint density at radius 2 is 0.836 bits per heavy atom. The average Bonchev–Trinajstić information content (AvgIpc) is 3.85. The van der Waals surface area contributed by atoms with Crippen molar-refractivity contribution in [3.8, 4) is 62.1 Å². The second-order valence-electron chi connectivity index (χ2n) is 15.1. The monoisotopic (exact) mass is 766 g/mol. The van der Waals surface area contributed by atoms with Crippen molar-refractivity contribution in [1.29, 1.82) is 0 Å². The molecule has 0 aliphatic heterocycles. The lowest BCUT2D eigenvalue weighted by Gasteiger charge is -2.21. The van der Waals surface area contributed by atoms with Gasteiger partial charge in [-0.3, -0.25) is 0 Å². The Hall–Kier alpha value is -7.31. The van der Waals surface area contributed by atoms with E-state index in [9.17, 15) is 0 Å². The highest BCUT2D eigenvalue weighted by Gasteiger charge is 2.18. The number of hydrogen-bond acceptors (Lipinski definition) is 4. The van der Waals surface area contributed by atoms with E-state index < -0.39 is 0 Å². The predicted molar refractivity (Wildman–Crippen MR) is 256 cm³/mol. The van der Waals surface area contributed by atoms with Crippen LogP contribution in [0.1, 0.15) is 0 Å². The fraction of sp³-hybridized carbons (Fsp3) is 0. The molecule has 0 unspecified atom stereocenters. The van der Waals surface area contributed by atoms with Crippen LogP contribution < -0.4 is 27.3 Å². The number of para-hydroxylation sites is 2. The Morgan fingerprint density at radius 3 is 1.54 bits per heavy atom. The lowest BCUT2D eigenvalue weighted by atomic mass is 9.59. The molecule has 0 spiro atoms. The van der Waals surface area contributed by atoms with Crippen LogP contribution in [0.3, 0.4) is 0 Å². The number of hydrogen-bond donors (Lipinski definition) is 0. The second-order valence-corrected chi connectivity index (χ2v) is 15.1. The van der Waals surface area contributed by atoms with E-state index in [0.29, 0.717) is 34.2 Å². The summed E-state index contributed by atoms with van der Waals surface area (Å²) in [7, 11) is 31.5. The van der Waals surface area contributed by atoms with E-state index in [1.54, 1.807) is 0 Å². The number of rotatable bonds is 6. The Balaban J connectivity index is 1.00. The summed E-state index contributed by atoms with van der Waals surface area (Å²) in [5.74, 6) is 1.46. The van der Waals surface area contributed by atoms with E-state index in [2.05, 4.69) is 95.6 Å². The van der Waals surface area contributed by atoms with E-state index >= 15 is 0 Å². The number of aromatic nitrogens is 4. The van der Waals surface area contributed by atoms with Gasteiger partial charge >= 0.3 is 0 Å². The molecule has 3 aromatic heterocycles. The molecular formula is C51H27B5N4O. The molecule has 5 nitrogen and oxygen atoms in total. The predicted octanol–water partition coefficient (Wildman–Crippen LogP) is 7.17. The number of fused-ring (bicyclic) bond motifs is 6. The van der Waals surface area contributed by atoms with Crippen molar-refractivity contribution >= 4 is 110 Å². The molecule has 0 N–H and O–H groups in total. The number of furan rings is 1. The van der Waals surface area contributed by atoms with Crippen molar-refractivity contribution < 1.29 is 4.42 Å². The van der Waals surface area contributed by atoms with E-state index in [1.807, 2.05) is 72.8 Å². The summed E-state index contributed by atoms with van der Waals surface area (Å²) >= 11 is 0. The van der Waals surface area contributed by atoms with Crippen LogP contribution in [-0.4, -0.2) is 58.8 Å². The van der Waals surface area contributed by atoms with Gasteiger partial charge in [0.05, 0.1) is 11.0 Å². The van der Waals surface area contributed by atoms with Gasteiger partial charge in [0.25, 0.3) is 0 Å². The van der Waals surface area contributed by atoms with Gasteiger partial charge in [0.15, 0.2) is 17.5 Å². The standard InChI is InChI=1S/C51H27B5N4O/c52-44-43(45(53)47(55)48(56)46(44)54)31-12-9-13-32(24-31)50-57-49(28-10-3-1-4-11-28)58-51(59-50)33-19-22-37-36-21-18-30(26-41(36)61-42(37)27-33)29-20-23-40-38(25-29)35-16-7-8-17-39(35)60(40)34-14-5-2-6-15-34/h1-27H. The lowest BCUT2D eigenvalue weighted by Crippen LogP contribution is -2.55. The second kappa shape index (κ2) is 14.5. The Morgan fingerprint density at radius 1 is 0.344 bits per heavy atom. The molecule has 0 amide bonds. The largest absolute Gasteiger partial charge is 0.456 e. The van der Waals surface area contributed by atoms with Crippen LogP contribution in [0, 0.1) is 0 Å². The van der Waals surface area contributed by atoms with Gasteiger partial charge in [0.2, 0.25) is 0 Å². The molecule has 0 aliphatic carbocycles. The molecule has 11 aromatic rings. The van der Waals surface area contributed by atoms with Gasteiger partial charge in [-0.05, 0) is 82.9 Å². The SMILES string of the molecule is [B]c1c([B])c([B])c(-c2cccc(-c3nc(-c4ccccc4)nc(-c4ccc5c(c4)oc4cc(-c6ccc7c(c6)c6ccccc6n7-c6ccccc6)ccc45)n3)c2)c([B])c1[B]. The minimum absolute atomic E-state index is 0.160. The quantitative estimate of drug-likeness (QED) is 0.169. The highest BCUT2D eigenvalue weighted by Crippen LogP contribution is 2.38. The third-order valence-corrected chi connectivity index (χ3v) is 11.5. The zero-order chi connectivity index (χ0) is 41.4. The fourth-order valence-electron chi connectivity index (χ4n) is 8.43. The molecule has 10 radical (unpaired) electrons. The van der Waals surface area contributed by atoms with Gasteiger partial charge in [-0.15, -0.1) is 16.4 Å². The molecule has 0 fully saturated rings. The third-order valence-electron chi connectivity index (χ3n) is 11.5. The van der Waals surface area contributed by atoms with Gasteiger partial charge in [0, 0.05) is 43.9 Å².